The van der Waals surface area contributed by atoms with E-state index in [0.717, 1.165) is 19.3 Å². The van der Waals surface area contributed by atoms with Gasteiger partial charge in [0.05, 0.1) is 6.10 Å². The lowest BCUT2D eigenvalue weighted by Gasteiger charge is -2.42. The van der Waals surface area contributed by atoms with Crippen molar-refractivity contribution in [3.05, 3.63) is 71.8 Å². The molecule has 19 heavy (non-hydrogen) atoms. The fourth-order valence-electron chi connectivity index (χ4n) is 3.47. The Morgan fingerprint density at radius 2 is 1.32 bits per heavy atom. The fourth-order valence-corrected chi connectivity index (χ4v) is 3.47. The molecule has 1 aliphatic rings. The first-order valence-corrected chi connectivity index (χ1v) is 7.13. The maximum Gasteiger partial charge on any atom is 0.0677 e. The van der Waals surface area contributed by atoms with Crippen LogP contribution in [0.4, 0.5) is 0 Å². The molecule has 1 atom stereocenters. The van der Waals surface area contributed by atoms with E-state index in [0.29, 0.717) is 0 Å². The normalized spacial score (nSPS) is 22.1. The van der Waals surface area contributed by atoms with E-state index in [9.17, 15) is 5.11 Å². The second-order valence-electron chi connectivity index (χ2n) is 5.46. The molecule has 1 aliphatic carbocycles. The summed E-state index contributed by atoms with van der Waals surface area (Å²) in [6.07, 6.45) is 3.95. The van der Waals surface area contributed by atoms with E-state index in [1.54, 1.807) is 0 Å². The predicted molar refractivity (Wildman–Crippen MR) is 78.1 cm³/mol. The van der Waals surface area contributed by atoms with Crippen LogP contribution in [0, 0.1) is 0 Å². The molecule has 2 aromatic rings. The summed E-state index contributed by atoms with van der Waals surface area (Å²) < 4.78 is 0. The molecule has 0 aromatic heterocycles. The molecule has 1 heteroatoms. The van der Waals surface area contributed by atoms with E-state index in [-0.39, 0.29) is 11.5 Å². The molecule has 1 fully saturated rings. The average Bonchev–Trinajstić information content (AvgIpc) is 2.50. The van der Waals surface area contributed by atoms with Crippen LogP contribution in [0.5, 0.6) is 0 Å². The number of benzene rings is 2. The quantitative estimate of drug-likeness (QED) is 0.859. The summed E-state index contributed by atoms with van der Waals surface area (Å²) in [6.45, 7) is 0. The summed E-state index contributed by atoms with van der Waals surface area (Å²) in [6, 6.07) is 21.0. The van der Waals surface area contributed by atoms with Crippen LogP contribution in [-0.2, 0) is 5.41 Å². The molecule has 1 nitrogen and oxygen atoms in total. The highest BCUT2D eigenvalue weighted by atomic mass is 16.3. The number of hydrogen-bond donors (Lipinski definition) is 1. The smallest absolute Gasteiger partial charge is 0.0677 e. The summed E-state index contributed by atoms with van der Waals surface area (Å²) in [4.78, 5) is 0. The van der Waals surface area contributed by atoms with Crippen molar-refractivity contribution in [2.24, 2.45) is 0 Å². The first-order valence-electron chi connectivity index (χ1n) is 7.13. The zero-order valence-electron chi connectivity index (χ0n) is 11.1. The first-order chi connectivity index (χ1) is 9.34. The van der Waals surface area contributed by atoms with Gasteiger partial charge in [-0.1, -0.05) is 73.5 Å². The molecule has 1 N–H and O–H groups in total. The van der Waals surface area contributed by atoms with Crippen LogP contribution >= 0.6 is 0 Å². The van der Waals surface area contributed by atoms with Crippen molar-refractivity contribution in [2.45, 2.75) is 37.2 Å². The molecule has 0 amide bonds. The fraction of sp³-hybridized carbons (Fsp3) is 0.333. The number of aliphatic hydroxyl groups is 1. The van der Waals surface area contributed by atoms with Crippen molar-refractivity contribution in [3.8, 4) is 0 Å². The molecule has 2 aromatic carbocycles. The van der Waals surface area contributed by atoms with Crippen LogP contribution in [0.15, 0.2) is 60.7 Å². The van der Waals surface area contributed by atoms with Gasteiger partial charge in [0.25, 0.3) is 0 Å². The van der Waals surface area contributed by atoms with Gasteiger partial charge in [0.2, 0.25) is 0 Å². The van der Waals surface area contributed by atoms with Gasteiger partial charge in [0.15, 0.2) is 0 Å². The van der Waals surface area contributed by atoms with Gasteiger partial charge in [-0.3, -0.25) is 0 Å². The van der Waals surface area contributed by atoms with Crippen LogP contribution in [0.1, 0.15) is 36.8 Å². The van der Waals surface area contributed by atoms with Crippen LogP contribution in [0.2, 0.25) is 0 Å². The second kappa shape index (κ2) is 5.18. The number of hydrogen-bond acceptors (Lipinski definition) is 1. The number of rotatable bonds is 2. The van der Waals surface area contributed by atoms with Gasteiger partial charge in [-0.15, -0.1) is 0 Å². The average molecular weight is 252 g/mol. The molecule has 0 aliphatic heterocycles. The standard InChI is InChI=1S/C18H20O/c19-17-13-7-8-14-18(17,15-9-3-1-4-10-15)16-11-5-2-6-12-16/h1-6,9-12,17,19H,7-8,13-14H2. The van der Waals surface area contributed by atoms with Crippen molar-refractivity contribution >= 4 is 0 Å². The first kappa shape index (κ1) is 12.4. The maximum atomic E-state index is 10.7. The SMILES string of the molecule is OC1CCCCC1(c1ccccc1)c1ccccc1. The summed E-state index contributed by atoms with van der Waals surface area (Å²) in [7, 11) is 0. The van der Waals surface area contributed by atoms with E-state index >= 15 is 0 Å². The maximum absolute atomic E-state index is 10.7. The minimum absolute atomic E-state index is 0.221. The van der Waals surface area contributed by atoms with E-state index in [1.807, 2.05) is 12.1 Å². The largest absolute Gasteiger partial charge is 0.392 e. The Labute approximate surface area is 114 Å². The molecule has 98 valence electrons. The Balaban J connectivity index is 2.16. The van der Waals surface area contributed by atoms with E-state index in [1.165, 1.54) is 17.5 Å². The lowest BCUT2D eigenvalue weighted by molar-refractivity contribution is 0.0639. The van der Waals surface area contributed by atoms with Gasteiger partial charge in [-0.05, 0) is 24.0 Å². The molecule has 0 spiro atoms. The zero-order chi connectivity index (χ0) is 13.1. The zero-order valence-corrected chi connectivity index (χ0v) is 11.1. The Bertz CT molecular complexity index is 478. The Hall–Kier alpha value is -1.60. The minimum atomic E-state index is -0.286. The van der Waals surface area contributed by atoms with Crippen LogP contribution < -0.4 is 0 Å². The summed E-state index contributed by atoms with van der Waals surface area (Å²) in [5.74, 6) is 0. The van der Waals surface area contributed by atoms with Crippen molar-refractivity contribution < 1.29 is 5.11 Å². The van der Waals surface area contributed by atoms with Gasteiger partial charge in [0, 0.05) is 5.41 Å². The van der Waals surface area contributed by atoms with Crippen molar-refractivity contribution in [3.63, 3.8) is 0 Å². The van der Waals surface area contributed by atoms with E-state index in [2.05, 4.69) is 48.5 Å². The Morgan fingerprint density at radius 3 is 1.79 bits per heavy atom. The van der Waals surface area contributed by atoms with Gasteiger partial charge in [0.1, 0.15) is 0 Å². The van der Waals surface area contributed by atoms with Crippen molar-refractivity contribution in [2.75, 3.05) is 0 Å². The Kier molecular flexibility index (Phi) is 3.39. The third kappa shape index (κ3) is 2.08. The lowest BCUT2D eigenvalue weighted by Crippen LogP contribution is -2.43. The highest BCUT2D eigenvalue weighted by Gasteiger charge is 2.42. The summed E-state index contributed by atoms with van der Waals surface area (Å²) in [5, 5.41) is 10.7. The van der Waals surface area contributed by atoms with Gasteiger partial charge < -0.3 is 5.11 Å². The summed E-state index contributed by atoms with van der Waals surface area (Å²) >= 11 is 0. The van der Waals surface area contributed by atoms with Gasteiger partial charge in [-0.25, -0.2) is 0 Å². The molecule has 1 saturated carbocycles. The predicted octanol–water partition coefficient (Wildman–Crippen LogP) is 3.91. The van der Waals surface area contributed by atoms with Gasteiger partial charge >= 0.3 is 0 Å². The molecular weight excluding hydrogens is 232 g/mol. The highest BCUT2D eigenvalue weighted by Crippen LogP contribution is 2.44. The Morgan fingerprint density at radius 1 is 0.789 bits per heavy atom. The lowest BCUT2D eigenvalue weighted by atomic mass is 9.63. The second-order valence-corrected chi connectivity index (χ2v) is 5.46. The third-order valence-electron chi connectivity index (χ3n) is 4.45. The van der Waals surface area contributed by atoms with Gasteiger partial charge in [-0.2, -0.15) is 0 Å². The molecule has 0 heterocycles. The molecule has 3 rings (SSSR count). The molecule has 1 unspecified atom stereocenters. The minimum Gasteiger partial charge on any atom is -0.392 e. The van der Waals surface area contributed by atoms with E-state index < -0.39 is 0 Å². The number of aliphatic hydroxyl groups excluding tert-OH is 1. The molecular formula is C18H20O. The molecule has 0 radical (unpaired) electrons. The summed E-state index contributed by atoms with van der Waals surface area (Å²) in [5.41, 5.74) is 2.27. The van der Waals surface area contributed by atoms with Crippen molar-refractivity contribution in [1.29, 1.82) is 0 Å². The highest BCUT2D eigenvalue weighted by molar-refractivity contribution is 5.41. The molecule has 0 bridgehead atoms. The van der Waals surface area contributed by atoms with Crippen molar-refractivity contribution in [1.82, 2.24) is 0 Å². The topological polar surface area (TPSA) is 20.2 Å². The van der Waals surface area contributed by atoms with Crippen LogP contribution in [0.25, 0.3) is 0 Å². The van der Waals surface area contributed by atoms with Crippen LogP contribution in [0.3, 0.4) is 0 Å². The monoisotopic (exact) mass is 252 g/mol. The third-order valence-corrected chi connectivity index (χ3v) is 4.45. The van der Waals surface area contributed by atoms with E-state index in [4.69, 9.17) is 0 Å². The molecule has 0 saturated heterocycles. The van der Waals surface area contributed by atoms with Crippen LogP contribution in [-0.4, -0.2) is 11.2 Å².